The van der Waals surface area contributed by atoms with Crippen LogP contribution in [-0.2, 0) is 0 Å². The molecule has 1 amide bonds. The summed E-state index contributed by atoms with van der Waals surface area (Å²) in [6.45, 7) is 1.83. The molecule has 18 heavy (non-hydrogen) atoms. The predicted octanol–water partition coefficient (Wildman–Crippen LogP) is 3.43. The first-order valence-electron chi connectivity index (χ1n) is 5.25. The second-order valence-corrected chi connectivity index (χ2v) is 4.21. The van der Waals surface area contributed by atoms with E-state index in [1.54, 1.807) is 18.2 Å². The smallest absolute Gasteiger partial charge is 0.258 e. The Kier molecular flexibility index (Phi) is 3.58. The number of hydrogen-bond donors (Lipinski definition) is 1. The van der Waals surface area contributed by atoms with Crippen LogP contribution in [0, 0.1) is 12.7 Å². The minimum absolute atomic E-state index is 0.0515. The van der Waals surface area contributed by atoms with Gasteiger partial charge in [0.05, 0.1) is 11.8 Å². The fourth-order valence-corrected chi connectivity index (χ4v) is 1.65. The summed E-state index contributed by atoms with van der Waals surface area (Å²) in [6.07, 6.45) is 2.36. The molecule has 3 nitrogen and oxygen atoms in total. The van der Waals surface area contributed by atoms with Gasteiger partial charge in [0, 0.05) is 16.9 Å². The van der Waals surface area contributed by atoms with Crippen molar-refractivity contribution in [3.8, 4) is 0 Å². The van der Waals surface area contributed by atoms with Gasteiger partial charge in [0.1, 0.15) is 0 Å². The van der Waals surface area contributed by atoms with Gasteiger partial charge in [-0.1, -0.05) is 17.7 Å². The number of nitrogens with zero attached hydrogens (tertiary/aromatic N) is 1. The molecule has 2 rings (SSSR count). The van der Waals surface area contributed by atoms with Gasteiger partial charge >= 0.3 is 0 Å². The average molecular weight is 265 g/mol. The van der Waals surface area contributed by atoms with Gasteiger partial charge in [-0.25, -0.2) is 4.39 Å². The van der Waals surface area contributed by atoms with Crippen molar-refractivity contribution < 1.29 is 9.18 Å². The second-order valence-electron chi connectivity index (χ2n) is 3.77. The SMILES string of the molecule is Cc1ccc(Cl)cc1NC(=O)c1ccncc1F. The molecular weight excluding hydrogens is 255 g/mol. The van der Waals surface area contributed by atoms with Crippen molar-refractivity contribution in [3.63, 3.8) is 0 Å². The molecule has 0 bridgehead atoms. The standard InChI is InChI=1S/C13H10ClFN2O/c1-8-2-3-9(14)6-12(8)17-13(18)10-4-5-16-7-11(10)15/h2-7H,1H3,(H,17,18). The maximum absolute atomic E-state index is 13.4. The Labute approximate surface area is 109 Å². The normalized spacial score (nSPS) is 10.2. The number of rotatable bonds is 2. The highest BCUT2D eigenvalue weighted by molar-refractivity contribution is 6.31. The minimum atomic E-state index is -0.658. The largest absolute Gasteiger partial charge is 0.322 e. The van der Waals surface area contributed by atoms with E-state index in [1.807, 2.05) is 6.92 Å². The molecule has 0 fully saturated rings. The summed E-state index contributed by atoms with van der Waals surface area (Å²) in [6, 6.07) is 6.44. The molecule has 1 aromatic heterocycles. The van der Waals surface area contributed by atoms with Gasteiger partial charge in [0.2, 0.25) is 0 Å². The summed E-state index contributed by atoms with van der Waals surface area (Å²) in [7, 11) is 0. The molecule has 1 aromatic carbocycles. The molecule has 0 saturated heterocycles. The zero-order valence-corrected chi connectivity index (χ0v) is 10.3. The van der Waals surface area contributed by atoms with Crippen molar-refractivity contribution in [3.05, 3.63) is 58.6 Å². The van der Waals surface area contributed by atoms with Crippen molar-refractivity contribution in [1.82, 2.24) is 4.98 Å². The number of pyridine rings is 1. The third kappa shape index (κ3) is 2.65. The molecule has 0 atom stereocenters. The van der Waals surface area contributed by atoms with Crippen molar-refractivity contribution in [1.29, 1.82) is 0 Å². The Morgan fingerprint density at radius 1 is 1.39 bits per heavy atom. The zero-order chi connectivity index (χ0) is 13.1. The first kappa shape index (κ1) is 12.5. The van der Waals surface area contributed by atoms with E-state index in [2.05, 4.69) is 10.3 Å². The molecule has 1 N–H and O–H groups in total. The van der Waals surface area contributed by atoms with E-state index >= 15 is 0 Å². The van der Waals surface area contributed by atoms with Gasteiger partial charge in [0.15, 0.2) is 5.82 Å². The molecule has 0 radical (unpaired) electrons. The van der Waals surface area contributed by atoms with Crippen LogP contribution in [0.2, 0.25) is 5.02 Å². The van der Waals surface area contributed by atoms with Crippen LogP contribution in [0.25, 0.3) is 0 Å². The van der Waals surface area contributed by atoms with Gasteiger partial charge in [-0.3, -0.25) is 9.78 Å². The lowest BCUT2D eigenvalue weighted by Crippen LogP contribution is -2.14. The molecule has 1 heterocycles. The Bertz CT molecular complexity index is 601. The second kappa shape index (κ2) is 5.14. The number of carbonyl (C=O) groups excluding carboxylic acids is 1. The third-order valence-corrected chi connectivity index (χ3v) is 2.70. The summed E-state index contributed by atoms with van der Waals surface area (Å²) in [4.78, 5) is 15.5. The molecular formula is C13H10ClFN2O. The maximum atomic E-state index is 13.4. The lowest BCUT2D eigenvalue weighted by atomic mass is 10.2. The topological polar surface area (TPSA) is 42.0 Å². The Balaban J connectivity index is 2.27. The number of benzene rings is 1. The maximum Gasteiger partial charge on any atom is 0.258 e. The van der Waals surface area contributed by atoms with Gasteiger partial charge in [-0.05, 0) is 30.7 Å². The highest BCUT2D eigenvalue weighted by Gasteiger charge is 2.12. The average Bonchev–Trinajstić information content (AvgIpc) is 2.34. The minimum Gasteiger partial charge on any atom is -0.322 e. The van der Waals surface area contributed by atoms with Gasteiger partial charge < -0.3 is 5.32 Å². The fourth-order valence-electron chi connectivity index (χ4n) is 1.48. The number of aryl methyl sites for hydroxylation is 1. The van der Waals surface area contributed by atoms with Crippen LogP contribution < -0.4 is 5.32 Å². The number of amides is 1. The number of anilines is 1. The van der Waals surface area contributed by atoms with Crippen LogP contribution in [0.5, 0.6) is 0 Å². The highest BCUT2D eigenvalue weighted by Crippen LogP contribution is 2.21. The molecule has 0 aliphatic rings. The number of nitrogens with one attached hydrogen (secondary N) is 1. The van der Waals surface area contributed by atoms with Crippen molar-refractivity contribution in [2.24, 2.45) is 0 Å². The number of aromatic nitrogens is 1. The summed E-state index contributed by atoms with van der Waals surface area (Å²) in [5.74, 6) is -1.19. The highest BCUT2D eigenvalue weighted by atomic mass is 35.5. The van der Waals surface area contributed by atoms with Crippen molar-refractivity contribution in [2.45, 2.75) is 6.92 Å². The molecule has 2 aromatic rings. The van der Waals surface area contributed by atoms with E-state index in [1.165, 1.54) is 12.3 Å². The molecule has 0 aliphatic heterocycles. The lowest BCUT2D eigenvalue weighted by molar-refractivity contribution is 0.102. The number of hydrogen-bond acceptors (Lipinski definition) is 2. The van der Waals surface area contributed by atoms with E-state index in [-0.39, 0.29) is 5.56 Å². The van der Waals surface area contributed by atoms with E-state index in [9.17, 15) is 9.18 Å². The Morgan fingerprint density at radius 3 is 2.89 bits per heavy atom. The molecule has 5 heteroatoms. The Morgan fingerprint density at radius 2 is 2.17 bits per heavy atom. The summed E-state index contributed by atoms with van der Waals surface area (Å²) < 4.78 is 13.4. The molecule has 92 valence electrons. The lowest BCUT2D eigenvalue weighted by Gasteiger charge is -2.09. The van der Waals surface area contributed by atoms with E-state index < -0.39 is 11.7 Å². The van der Waals surface area contributed by atoms with Crippen LogP contribution in [-0.4, -0.2) is 10.9 Å². The number of carbonyl (C=O) groups is 1. The van der Waals surface area contributed by atoms with Gasteiger partial charge in [-0.15, -0.1) is 0 Å². The summed E-state index contributed by atoms with van der Waals surface area (Å²) in [5, 5.41) is 3.12. The quantitative estimate of drug-likeness (QED) is 0.903. The van der Waals surface area contributed by atoms with E-state index in [4.69, 9.17) is 11.6 Å². The summed E-state index contributed by atoms with van der Waals surface area (Å²) >= 11 is 5.84. The van der Waals surface area contributed by atoms with Crippen LogP contribution in [0.3, 0.4) is 0 Å². The fraction of sp³-hybridized carbons (Fsp3) is 0.0769. The Hall–Kier alpha value is -1.94. The monoisotopic (exact) mass is 264 g/mol. The van der Waals surface area contributed by atoms with Crippen molar-refractivity contribution >= 4 is 23.2 Å². The van der Waals surface area contributed by atoms with E-state index in [0.717, 1.165) is 11.8 Å². The van der Waals surface area contributed by atoms with Crippen LogP contribution in [0.4, 0.5) is 10.1 Å². The zero-order valence-electron chi connectivity index (χ0n) is 9.58. The van der Waals surface area contributed by atoms with Gasteiger partial charge in [-0.2, -0.15) is 0 Å². The third-order valence-electron chi connectivity index (χ3n) is 2.46. The molecule has 0 spiro atoms. The predicted molar refractivity (Wildman–Crippen MR) is 68.3 cm³/mol. The van der Waals surface area contributed by atoms with Crippen LogP contribution in [0.15, 0.2) is 36.7 Å². The molecule has 0 saturated carbocycles. The van der Waals surface area contributed by atoms with Crippen molar-refractivity contribution in [2.75, 3.05) is 5.32 Å². The molecule has 0 unspecified atom stereocenters. The first-order valence-corrected chi connectivity index (χ1v) is 5.63. The molecule has 0 aliphatic carbocycles. The van der Waals surface area contributed by atoms with Crippen LogP contribution in [0.1, 0.15) is 15.9 Å². The summed E-state index contributed by atoms with van der Waals surface area (Å²) in [5.41, 5.74) is 1.36. The first-order chi connectivity index (χ1) is 8.58. The number of halogens is 2. The van der Waals surface area contributed by atoms with E-state index in [0.29, 0.717) is 10.7 Å². The van der Waals surface area contributed by atoms with Gasteiger partial charge in [0.25, 0.3) is 5.91 Å². The van der Waals surface area contributed by atoms with Crippen LogP contribution >= 0.6 is 11.6 Å².